The number of pyridine rings is 1. The molecule has 0 unspecified atom stereocenters. The third-order valence-electron chi connectivity index (χ3n) is 3.81. The highest BCUT2D eigenvalue weighted by Gasteiger charge is 2.19. The van der Waals surface area contributed by atoms with Crippen molar-refractivity contribution in [2.24, 2.45) is 0 Å². The largest absolute Gasteiger partial charge is 0.378 e. The maximum absolute atomic E-state index is 14.2. The topological polar surface area (TPSA) is 76.9 Å². The monoisotopic (exact) mass is 338 g/mol. The number of halogens is 1. The van der Waals surface area contributed by atoms with E-state index in [0.29, 0.717) is 49.3 Å². The van der Waals surface area contributed by atoms with Crippen LogP contribution in [0.25, 0.3) is 23.0 Å². The van der Waals surface area contributed by atoms with Crippen molar-refractivity contribution >= 4 is 5.82 Å². The highest BCUT2D eigenvalue weighted by Crippen LogP contribution is 2.22. The predicted molar refractivity (Wildman–Crippen MR) is 89.3 cm³/mol. The van der Waals surface area contributed by atoms with Crippen LogP contribution in [0.2, 0.25) is 0 Å². The molecule has 1 fully saturated rings. The summed E-state index contributed by atoms with van der Waals surface area (Å²) in [4.78, 5) is 23.3. The van der Waals surface area contributed by atoms with Crippen molar-refractivity contribution < 1.29 is 9.13 Å². The zero-order valence-electron chi connectivity index (χ0n) is 13.3. The van der Waals surface area contributed by atoms with Crippen molar-refractivity contribution in [3.8, 4) is 23.0 Å². The molecular weight excluding hydrogens is 323 g/mol. The number of nitrogens with zero attached hydrogens (tertiary/aromatic N) is 6. The third-order valence-corrected chi connectivity index (χ3v) is 3.81. The van der Waals surface area contributed by atoms with Gasteiger partial charge in [0.15, 0.2) is 23.3 Å². The van der Waals surface area contributed by atoms with E-state index in [9.17, 15) is 4.39 Å². The maximum atomic E-state index is 14.2. The molecule has 1 saturated heterocycles. The molecule has 1 aliphatic rings. The molecular formula is C17H15FN6O. The summed E-state index contributed by atoms with van der Waals surface area (Å²) in [5.74, 6) is 0.636. The molecule has 0 atom stereocenters. The fourth-order valence-corrected chi connectivity index (χ4v) is 2.58. The third kappa shape index (κ3) is 3.29. The minimum atomic E-state index is -0.454. The first-order valence-corrected chi connectivity index (χ1v) is 7.91. The first kappa shape index (κ1) is 15.5. The summed E-state index contributed by atoms with van der Waals surface area (Å²) >= 11 is 0. The second kappa shape index (κ2) is 6.86. The van der Waals surface area contributed by atoms with Crippen LogP contribution >= 0.6 is 0 Å². The Balaban J connectivity index is 1.70. The Morgan fingerprint density at radius 2 is 1.72 bits per heavy atom. The molecule has 4 rings (SSSR count). The average Bonchev–Trinajstić information content (AvgIpc) is 2.70. The highest BCUT2D eigenvalue weighted by molar-refractivity contribution is 5.57. The lowest BCUT2D eigenvalue weighted by Gasteiger charge is -2.28. The normalized spacial score (nSPS) is 14.5. The van der Waals surface area contributed by atoms with Crippen molar-refractivity contribution in [3.05, 3.63) is 48.7 Å². The van der Waals surface area contributed by atoms with E-state index >= 15 is 0 Å². The molecule has 0 amide bonds. The lowest BCUT2D eigenvalue weighted by atomic mass is 10.3. The lowest BCUT2D eigenvalue weighted by Crippen LogP contribution is -2.37. The van der Waals surface area contributed by atoms with E-state index < -0.39 is 5.82 Å². The summed E-state index contributed by atoms with van der Waals surface area (Å²) in [5, 5.41) is 0. The van der Waals surface area contributed by atoms with E-state index in [4.69, 9.17) is 4.74 Å². The van der Waals surface area contributed by atoms with Crippen molar-refractivity contribution in [1.82, 2.24) is 24.9 Å². The Morgan fingerprint density at radius 1 is 0.880 bits per heavy atom. The number of hydrogen-bond donors (Lipinski definition) is 0. The fraction of sp³-hybridized carbons (Fsp3) is 0.235. The number of ether oxygens (including phenoxy) is 1. The second-order valence-electron chi connectivity index (χ2n) is 5.45. The van der Waals surface area contributed by atoms with E-state index in [1.54, 1.807) is 18.5 Å². The lowest BCUT2D eigenvalue weighted by molar-refractivity contribution is 0.122. The molecule has 0 radical (unpaired) electrons. The first-order valence-electron chi connectivity index (χ1n) is 7.91. The smallest absolute Gasteiger partial charge is 0.183 e. The number of morpholine rings is 1. The van der Waals surface area contributed by atoms with Gasteiger partial charge in [-0.15, -0.1) is 0 Å². The number of hydrogen-bond acceptors (Lipinski definition) is 7. The van der Waals surface area contributed by atoms with Gasteiger partial charge in [-0.1, -0.05) is 6.07 Å². The van der Waals surface area contributed by atoms with Crippen LogP contribution in [0.1, 0.15) is 0 Å². The van der Waals surface area contributed by atoms with E-state index in [2.05, 4.69) is 24.9 Å². The molecule has 25 heavy (non-hydrogen) atoms. The van der Waals surface area contributed by atoms with Crippen molar-refractivity contribution in [1.29, 1.82) is 0 Å². The molecule has 0 aliphatic carbocycles. The van der Waals surface area contributed by atoms with E-state index in [1.807, 2.05) is 23.1 Å². The van der Waals surface area contributed by atoms with Crippen molar-refractivity contribution in [2.75, 3.05) is 31.2 Å². The first-order chi connectivity index (χ1) is 12.3. The van der Waals surface area contributed by atoms with E-state index in [1.165, 1.54) is 6.20 Å². The number of rotatable bonds is 3. The van der Waals surface area contributed by atoms with Crippen LogP contribution in [0, 0.1) is 5.82 Å². The van der Waals surface area contributed by atoms with E-state index in [-0.39, 0.29) is 5.82 Å². The van der Waals surface area contributed by atoms with Gasteiger partial charge >= 0.3 is 0 Å². The summed E-state index contributed by atoms with van der Waals surface area (Å²) in [6.07, 6.45) is 4.47. The molecule has 0 N–H and O–H groups in total. The quantitative estimate of drug-likeness (QED) is 0.722. The zero-order chi connectivity index (χ0) is 17.1. The van der Waals surface area contributed by atoms with Crippen LogP contribution < -0.4 is 4.90 Å². The standard InChI is InChI=1S/C17H15FN6O/c18-12-11-21-16(23-17(12)24-7-9-25-10-8-24)14-4-6-20-15(22-14)13-3-1-2-5-19-13/h1-6,11H,7-10H2. The van der Waals surface area contributed by atoms with Gasteiger partial charge in [-0.3, -0.25) is 4.98 Å². The van der Waals surface area contributed by atoms with Gasteiger partial charge < -0.3 is 9.64 Å². The molecule has 1 aliphatic heterocycles. The summed E-state index contributed by atoms with van der Waals surface area (Å²) in [6, 6.07) is 7.21. The Hall–Kier alpha value is -3.00. The molecule has 0 bridgehead atoms. The summed E-state index contributed by atoms with van der Waals surface area (Å²) in [5.41, 5.74) is 1.17. The molecule has 3 aromatic heterocycles. The van der Waals surface area contributed by atoms with Gasteiger partial charge in [-0.05, 0) is 18.2 Å². The minimum absolute atomic E-state index is 0.270. The molecule has 0 saturated carbocycles. The van der Waals surface area contributed by atoms with Gasteiger partial charge in [0.25, 0.3) is 0 Å². The molecule has 8 heteroatoms. The highest BCUT2D eigenvalue weighted by atomic mass is 19.1. The molecule has 7 nitrogen and oxygen atoms in total. The molecule has 0 spiro atoms. The SMILES string of the molecule is Fc1cnc(-c2ccnc(-c3ccccn3)n2)nc1N1CCOCC1. The number of anilines is 1. The Labute approximate surface area is 143 Å². The van der Waals surface area contributed by atoms with Crippen LogP contribution in [-0.2, 0) is 4.74 Å². The van der Waals surface area contributed by atoms with Gasteiger partial charge in [0.1, 0.15) is 11.4 Å². The number of aromatic nitrogens is 5. The Bertz CT molecular complexity index is 870. The van der Waals surface area contributed by atoms with Gasteiger partial charge in [-0.25, -0.2) is 24.3 Å². The van der Waals surface area contributed by atoms with Crippen LogP contribution in [0.4, 0.5) is 10.2 Å². The molecule has 3 aromatic rings. The Morgan fingerprint density at radius 3 is 2.52 bits per heavy atom. The average molecular weight is 338 g/mol. The van der Waals surface area contributed by atoms with Gasteiger partial charge in [0.05, 0.1) is 19.4 Å². The van der Waals surface area contributed by atoms with Crippen LogP contribution in [-0.4, -0.2) is 51.2 Å². The predicted octanol–water partition coefficient (Wildman–Crippen LogP) is 1.97. The fourth-order valence-electron chi connectivity index (χ4n) is 2.58. The van der Waals surface area contributed by atoms with Crippen molar-refractivity contribution in [3.63, 3.8) is 0 Å². The minimum Gasteiger partial charge on any atom is -0.378 e. The maximum Gasteiger partial charge on any atom is 0.183 e. The van der Waals surface area contributed by atoms with Crippen LogP contribution in [0.3, 0.4) is 0 Å². The van der Waals surface area contributed by atoms with Crippen LogP contribution in [0.5, 0.6) is 0 Å². The van der Waals surface area contributed by atoms with Crippen molar-refractivity contribution in [2.45, 2.75) is 0 Å². The summed E-state index contributed by atoms with van der Waals surface area (Å²) < 4.78 is 19.5. The molecule has 126 valence electrons. The Kier molecular flexibility index (Phi) is 4.26. The van der Waals surface area contributed by atoms with Gasteiger partial charge in [0.2, 0.25) is 0 Å². The summed E-state index contributed by atoms with van der Waals surface area (Å²) in [7, 11) is 0. The molecule has 0 aromatic carbocycles. The second-order valence-corrected chi connectivity index (χ2v) is 5.45. The zero-order valence-corrected chi connectivity index (χ0v) is 13.3. The van der Waals surface area contributed by atoms with Crippen LogP contribution in [0.15, 0.2) is 42.9 Å². The van der Waals surface area contributed by atoms with Gasteiger partial charge in [0, 0.05) is 25.5 Å². The molecule has 4 heterocycles. The summed E-state index contributed by atoms with van der Waals surface area (Å²) in [6.45, 7) is 2.29. The van der Waals surface area contributed by atoms with Gasteiger partial charge in [-0.2, -0.15) is 0 Å². The van der Waals surface area contributed by atoms with E-state index in [0.717, 1.165) is 0 Å².